The van der Waals surface area contributed by atoms with E-state index in [0.717, 1.165) is 22.3 Å². The van der Waals surface area contributed by atoms with E-state index in [1.807, 2.05) is 43.3 Å². The van der Waals surface area contributed by atoms with Crippen LogP contribution in [-0.2, 0) is 0 Å². The quantitative estimate of drug-likeness (QED) is 0.502. The Balaban J connectivity index is 2.02. The molecule has 0 radical (unpaired) electrons. The van der Waals surface area contributed by atoms with Crippen LogP contribution in [0.2, 0.25) is 0 Å². The highest BCUT2D eigenvalue weighted by Crippen LogP contribution is 2.24. The molecular formula is C14H14BrN3OS. The third kappa shape index (κ3) is 4.18. The summed E-state index contributed by atoms with van der Waals surface area (Å²) in [6.45, 7) is 2.73. The highest BCUT2D eigenvalue weighted by molar-refractivity contribution is 9.10. The summed E-state index contributed by atoms with van der Waals surface area (Å²) < 4.78 is 6.71. The molecule has 1 heterocycles. The van der Waals surface area contributed by atoms with E-state index < -0.39 is 0 Å². The molecule has 0 fully saturated rings. The molecule has 2 aromatic rings. The largest absolute Gasteiger partial charge is 0.455 e. The van der Waals surface area contributed by atoms with Gasteiger partial charge in [0.2, 0.25) is 0 Å². The van der Waals surface area contributed by atoms with Gasteiger partial charge in [0.25, 0.3) is 0 Å². The van der Waals surface area contributed by atoms with Crippen LogP contribution >= 0.6 is 28.1 Å². The Hall–Kier alpha value is -1.66. The summed E-state index contributed by atoms with van der Waals surface area (Å²) in [7, 11) is 0. The van der Waals surface area contributed by atoms with Gasteiger partial charge in [0.1, 0.15) is 11.5 Å². The lowest BCUT2D eigenvalue weighted by molar-refractivity contribution is 0.574. The van der Waals surface area contributed by atoms with Gasteiger partial charge in [0, 0.05) is 16.6 Å². The van der Waals surface area contributed by atoms with Crippen LogP contribution in [0, 0.1) is 0 Å². The summed E-state index contributed by atoms with van der Waals surface area (Å²) in [5.41, 5.74) is 3.72. The van der Waals surface area contributed by atoms with Crippen molar-refractivity contribution in [3.05, 3.63) is 46.6 Å². The number of thiocarbonyl (C=S) groups is 1. The maximum Gasteiger partial charge on any atom is 0.186 e. The first kappa shape index (κ1) is 14.7. The van der Waals surface area contributed by atoms with Crippen molar-refractivity contribution in [2.24, 2.45) is 5.10 Å². The SMILES string of the molecule is CCNC(=S)N/N=C\c1ccc(-c2cccc(Br)c2)o1. The zero-order chi connectivity index (χ0) is 14.4. The topological polar surface area (TPSA) is 49.6 Å². The van der Waals surface area contributed by atoms with E-state index >= 15 is 0 Å². The minimum absolute atomic E-state index is 0.488. The van der Waals surface area contributed by atoms with E-state index in [4.69, 9.17) is 16.6 Å². The number of hydrogen-bond acceptors (Lipinski definition) is 3. The average molecular weight is 352 g/mol. The lowest BCUT2D eigenvalue weighted by Gasteiger charge is -2.01. The predicted molar refractivity (Wildman–Crippen MR) is 88.8 cm³/mol. The summed E-state index contributed by atoms with van der Waals surface area (Å²) in [5.74, 6) is 1.45. The van der Waals surface area contributed by atoms with Gasteiger partial charge >= 0.3 is 0 Å². The normalized spacial score (nSPS) is 10.7. The van der Waals surface area contributed by atoms with Crippen molar-refractivity contribution in [3.8, 4) is 11.3 Å². The van der Waals surface area contributed by atoms with Crippen molar-refractivity contribution < 1.29 is 4.42 Å². The van der Waals surface area contributed by atoms with Crippen LogP contribution in [0.4, 0.5) is 0 Å². The van der Waals surface area contributed by atoms with Crippen molar-refractivity contribution in [2.75, 3.05) is 6.54 Å². The first-order chi connectivity index (χ1) is 9.69. The van der Waals surface area contributed by atoms with Gasteiger partial charge in [-0.15, -0.1) is 0 Å². The zero-order valence-corrected chi connectivity index (χ0v) is 13.3. The number of benzene rings is 1. The molecule has 4 nitrogen and oxygen atoms in total. The number of hydrogen-bond donors (Lipinski definition) is 2. The Morgan fingerprint density at radius 1 is 1.40 bits per heavy atom. The van der Waals surface area contributed by atoms with Crippen molar-refractivity contribution >= 4 is 39.5 Å². The molecule has 1 aromatic heterocycles. The third-order valence-corrected chi connectivity index (χ3v) is 3.16. The maximum absolute atomic E-state index is 5.69. The van der Waals surface area contributed by atoms with E-state index in [1.165, 1.54) is 0 Å². The second kappa shape index (κ2) is 7.21. The average Bonchev–Trinajstić information content (AvgIpc) is 2.88. The van der Waals surface area contributed by atoms with Crippen LogP contribution in [0.1, 0.15) is 12.7 Å². The highest BCUT2D eigenvalue weighted by Gasteiger charge is 2.03. The van der Waals surface area contributed by atoms with Gasteiger partial charge in [-0.05, 0) is 43.4 Å². The van der Waals surface area contributed by atoms with Crippen LogP contribution in [0.5, 0.6) is 0 Å². The van der Waals surface area contributed by atoms with Crippen molar-refractivity contribution in [2.45, 2.75) is 6.92 Å². The summed E-state index contributed by atoms with van der Waals surface area (Å²) in [6.07, 6.45) is 1.59. The van der Waals surface area contributed by atoms with Crippen molar-refractivity contribution in [3.63, 3.8) is 0 Å². The number of nitrogens with zero attached hydrogens (tertiary/aromatic N) is 1. The van der Waals surface area contributed by atoms with Gasteiger partial charge in [-0.25, -0.2) is 0 Å². The van der Waals surface area contributed by atoms with E-state index in [9.17, 15) is 0 Å². The van der Waals surface area contributed by atoms with Gasteiger partial charge in [0.05, 0.1) is 6.21 Å². The number of rotatable bonds is 4. The fourth-order valence-electron chi connectivity index (χ4n) is 1.57. The predicted octanol–water partition coefficient (Wildman–Crippen LogP) is 3.53. The van der Waals surface area contributed by atoms with Gasteiger partial charge in [-0.2, -0.15) is 5.10 Å². The summed E-state index contributed by atoms with van der Waals surface area (Å²) >= 11 is 8.43. The van der Waals surface area contributed by atoms with Gasteiger partial charge in [-0.3, -0.25) is 5.43 Å². The first-order valence-electron chi connectivity index (χ1n) is 6.11. The van der Waals surface area contributed by atoms with Gasteiger partial charge < -0.3 is 9.73 Å². The fraction of sp³-hybridized carbons (Fsp3) is 0.143. The van der Waals surface area contributed by atoms with Gasteiger partial charge in [0.15, 0.2) is 5.11 Å². The molecule has 0 aliphatic heterocycles. The van der Waals surface area contributed by atoms with E-state index in [-0.39, 0.29) is 0 Å². The van der Waals surface area contributed by atoms with Crippen LogP contribution in [0.3, 0.4) is 0 Å². The molecule has 0 amide bonds. The molecule has 2 rings (SSSR count). The summed E-state index contributed by atoms with van der Waals surface area (Å²) in [6, 6.07) is 11.7. The minimum Gasteiger partial charge on any atom is -0.455 e. The summed E-state index contributed by atoms with van der Waals surface area (Å²) in [4.78, 5) is 0. The van der Waals surface area contributed by atoms with Crippen LogP contribution in [-0.4, -0.2) is 17.9 Å². The lowest BCUT2D eigenvalue weighted by Crippen LogP contribution is -2.31. The molecule has 0 saturated heterocycles. The molecule has 0 atom stereocenters. The van der Waals surface area contributed by atoms with Crippen molar-refractivity contribution in [1.82, 2.24) is 10.7 Å². The van der Waals surface area contributed by atoms with E-state index in [1.54, 1.807) is 6.21 Å². The van der Waals surface area contributed by atoms with Crippen LogP contribution in [0.15, 0.2) is 50.4 Å². The van der Waals surface area contributed by atoms with Crippen LogP contribution in [0.25, 0.3) is 11.3 Å². The van der Waals surface area contributed by atoms with Crippen LogP contribution < -0.4 is 10.7 Å². The Morgan fingerprint density at radius 2 is 2.25 bits per heavy atom. The first-order valence-corrected chi connectivity index (χ1v) is 7.32. The van der Waals surface area contributed by atoms with E-state index in [2.05, 4.69) is 31.8 Å². The molecule has 6 heteroatoms. The smallest absolute Gasteiger partial charge is 0.186 e. The molecule has 2 N–H and O–H groups in total. The Bertz CT molecular complexity index is 624. The standard InChI is InChI=1S/C14H14BrN3OS/c1-2-16-14(20)18-17-9-12-6-7-13(19-12)10-4-3-5-11(15)8-10/h3-9H,2H2,1H3,(H2,16,18,20)/b17-9-. The number of nitrogens with one attached hydrogen (secondary N) is 2. The Kier molecular flexibility index (Phi) is 5.31. The molecule has 104 valence electrons. The second-order valence-corrected chi connectivity index (χ2v) is 5.27. The highest BCUT2D eigenvalue weighted by atomic mass is 79.9. The molecule has 0 aliphatic carbocycles. The molecule has 0 bridgehead atoms. The monoisotopic (exact) mass is 351 g/mol. The minimum atomic E-state index is 0.488. The molecule has 0 saturated carbocycles. The molecule has 20 heavy (non-hydrogen) atoms. The third-order valence-electron chi connectivity index (χ3n) is 2.43. The van der Waals surface area contributed by atoms with Crippen molar-refractivity contribution in [1.29, 1.82) is 0 Å². The lowest BCUT2D eigenvalue weighted by atomic mass is 10.2. The fourth-order valence-corrected chi connectivity index (χ4v) is 2.17. The Labute approximate surface area is 131 Å². The molecule has 0 spiro atoms. The molecule has 0 unspecified atom stereocenters. The zero-order valence-electron chi connectivity index (χ0n) is 10.9. The maximum atomic E-state index is 5.69. The van der Waals surface area contributed by atoms with Gasteiger partial charge in [-0.1, -0.05) is 28.1 Å². The number of furan rings is 1. The second-order valence-electron chi connectivity index (χ2n) is 3.94. The molecule has 1 aromatic carbocycles. The Morgan fingerprint density at radius 3 is 3.00 bits per heavy atom. The number of halogens is 1. The van der Waals surface area contributed by atoms with E-state index in [0.29, 0.717) is 10.9 Å². The molecular weight excluding hydrogens is 338 g/mol. The summed E-state index contributed by atoms with van der Waals surface area (Å²) in [5, 5.41) is 7.43. The number of hydrazone groups is 1. The molecule has 0 aliphatic rings.